The van der Waals surface area contributed by atoms with E-state index in [0.717, 1.165) is 36.8 Å². The number of benzene rings is 1. The van der Waals surface area contributed by atoms with Crippen molar-refractivity contribution in [3.63, 3.8) is 0 Å². The molecule has 5 heteroatoms. The van der Waals surface area contributed by atoms with Gasteiger partial charge in [0.05, 0.1) is 5.92 Å². The maximum absolute atomic E-state index is 12.6. The normalized spacial score (nSPS) is 25.5. The molecule has 1 saturated carbocycles. The summed E-state index contributed by atoms with van der Waals surface area (Å²) in [5.41, 5.74) is 1.33. The number of rotatable bonds is 3. The summed E-state index contributed by atoms with van der Waals surface area (Å²) in [6.07, 6.45) is 3.82. The number of nitrogens with zero attached hydrogens (tertiary/aromatic N) is 1. The molecule has 1 aliphatic heterocycles. The van der Waals surface area contributed by atoms with Gasteiger partial charge >= 0.3 is 5.97 Å². The second-order valence-electron chi connectivity index (χ2n) is 6.67. The van der Waals surface area contributed by atoms with Crippen LogP contribution in [0.4, 0.5) is 0 Å². The standard InChI is InChI=1S/C18H22BrNO3/c19-16-4-2-1-3-15(16)12-7-9-20(10-8-12)17(21)13-5-6-14(11-13)18(22)23/h1-4,12-14H,5-11H2,(H,22,23)/t13-,14+/m0/s1. The minimum atomic E-state index is -0.757. The number of carbonyl (C=O) groups excluding carboxylic acids is 1. The number of halogens is 1. The third-order valence-corrected chi connectivity index (χ3v) is 6.00. The van der Waals surface area contributed by atoms with Crippen LogP contribution >= 0.6 is 15.9 Å². The van der Waals surface area contributed by atoms with Crippen molar-refractivity contribution in [3.8, 4) is 0 Å². The van der Waals surface area contributed by atoms with Crippen LogP contribution in [0.5, 0.6) is 0 Å². The van der Waals surface area contributed by atoms with Crippen molar-refractivity contribution < 1.29 is 14.7 Å². The molecule has 1 aliphatic carbocycles. The molecule has 0 aromatic heterocycles. The first kappa shape index (κ1) is 16.5. The van der Waals surface area contributed by atoms with Crippen molar-refractivity contribution in [2.24, 2.45) is 11.8 Å². The summed E-state index contributed by atoms with van der Waals surface area (Å²) in [6.45, 7) is 1.55. The smallest absolute Gasteiger partial charge is 0.306 e. The van der Waals surface area contributed by atoms with Crippen LogP contribution in [0.3, 0.4) is 0 Å². The fourth-order valence-electron chi connectivity index (χ4n) is 3.91. The fraction of sp³-hybridized carbons (Fsp3) is 0.556. The van der Waals surface area contributed by atoms with Gasteiger partial charge in [-0.1, -0.05) is 34.1 Å². The van der Waals surface area contributed by atoms with Gasteiger partial charge in [0, 0.05) is 23.5 Å². The molecule has 124 valence electrons. The van der Waals surface area contributed by atoms with Crippen LogP contribution in [0, 0.1) is 11.8 Å². The topological polar surface area (TPSA) is 57.6 Å². The van der Waals surface area contributed by atoms with Crippen LogP contribution in [-0.4, -0.2) is 35.0 Å². The molecule has 2 aliphatic rings. The third-order valence-electron chi connectivity index (χ3n) is 5.28. The summed E-state index contributed by atoms with van der Waals surface area (Å²) in [4.78, 5) is 25.6. The molecule has 1 heterocycles. The highest BCUT2D eigenvalue weighted by Gasteiger charge is 2.36. The zero-order chi connectivity index (χ0) is 16.4. The number of hydrogen-bond donors (Lipinski definition) is 1. The van der Waals surface area contributed by atoms with Crippen LogP contribution in [0.1, 0.15) is 43.6 Å². The molecule has 23 heavy (non-hydrogen) atoms. The van der Waals surface area contributed by atoms with Crippen molar-refractivity contribution in [1.82, 2.24) is 4.90 Å². The first-order valence-corrected chi connectivity index (χ1v) is 9.11. The SMILES string of the molecule is O=C(O)[C@@H]1CC[C@H](C(=O)N2CCC(c3ccccc3Br)CC2)C1. The van der Waals surface area contributed by atoms with Crippen molar-refractivity contribution in [2.75, 3.05) is 13.1 Å². The summed E-state index contributed by atoms with van der Waals surface area (Å²) in [7, 11) is 0. The molecule has 0 unspecified atom stereocenters. The maximum atomic E-state index is 12.6. The van der Waals surface area contributed by atoms with Crippen molar-refractivity contribution in [3.05, 3.63) is 34.3 Å². The molecule has 4 nitrogen and oxygen atoms in total. The van der Waals surface area contributed by atoms with E-state index in [9.17, 15) is 9.59 Å². The molecule has 0 bridgehead atoms. The Morgan fingerprint density at radius 1 is 1.04 bits per heavy atom. The highest BCUT2D eigenvalue weighted by Crippen LogP contribution is 2.36. The fourth-order valence-corrected chi connectivity index (χ4v) is 4.51. The van der Waals surface area contributed by atoms with E-state index in [4.69, 9.17) is 5.11 Å². The average Bonchev–Trinajstić information content (AvgIpc) is 3.05. The lowest BCUT2D eigenvalue weighted by atomic mass is 9.89. The molecule has 0 radical (unpaired) electrons. The Labute approximate surface area is 145 Å². The quantitative estimate of drug-likeness (QED) is 0.871. The molecular formula is C18H22BrNO3. The molecule has 1 aromatic carbocycles. The van der Waals surface area contributed by atoms with Gasteiger partial charge < -0.3 is 10.0 Å². The minimum absolute atomic E-state index is 0.0869. The Morgan fingerprint density at radius 3 is 2.30 bits per heavy atom. The number of carbonyl (C=O) groups is 2. The molecule has 1 N–H and O–H groups in total. The zero-order valence-electron chi connectivity index (χ0n) is 13.1. The van der Waals surface area contributed by atoms with E-state index in [1.807, 2.05) is 11.0 Å². The first-order chi connectivity index (χ1) is 11.1. The van der Waals surface area contributed by atoms with E-state index >= 15 is 0 Å². The van der Waals surface area contributed by atoms with E-state index in [1.165, 1.54) is 5.56 Å². The Kier molecular flexibility index (Phi) is 5.05. The van der Waals surface area contributed by atoms with Crippen LogP contribution in [-0.2, 0) is 9.59 Å². The van der Waals surface area contributed by atoms with Crippen molar-refractivity contribution in [2.45, 2.75) is 38.0 Å². The van der Waals surface area contributed by atoms with Gasteiger partial charge in [-0.3, -0.25) is 9.59 Å². The number of carboxylic acid groups (broad SMARTS) is 1. The lowest BCUT2D eigenvalue weighted by Gasteiger charge is -2.34. The van der Waals surface area contributed by atoms with Crippen LogP contribution < -0.4 is 0 Å². The lowest BCUT2D eigenvalue weighted by Crippen LogP contribution is -2.41. The van der Waals surface area contributed by atoms with Crippen molar-refractivity contribution in [1.29, 1.82) is 0 Å². The monoisotopic (exact) mass is 379 g/mol. The second kappa shape index (κ2) is 7.04. The van der Waals surface area contributed by atoms with Gasteiger partial charge in [0.25, 0.3) is 0 Å². The number of aliphatic carboxylic acids is 1. The first-order valence-electron chi connectivity index (χ1n) is 8.32. The molecule has 3 rings (SSSR count). The Morgan fingerprint density at radius 2 is 1.70 bits per heavy atom. The number of likely N-dealkylation sites (tertiary alicyclic amines) is 1. The summed E-state index contributed by atoms with van der Waals surface area (Å²) < 4.78 is 1.14. The molecule has 2 atom stereocenters. The van der Waals surface area contributed by atoms with Gasteiger partial charge in [-0.2, -0.15) is 0 Å². The lowest BCUT2D eigenvalue weighted by molar-refractivity contribution is -0.141. The number of hydrogen-bond acceptors (Lipinski definition) is 2. The highest BCUT2D eigenvalue weighted by atomic mass is 79.9. The second-order valence-corrected chi connectivity index (χ2v) is 7.52. The Balaban J connectivity index is 1.56. The number of piperidine rings is 1. The minimum Gasteiger partial charge on any atom is -0.481 e. The molecular weight excluding hydrogens is 358 g/mol. The largest absolute Gasteiger partial charge is 0.481 e. The predicted octanol–water partition coefficient (Wildman–Crippen LogP) is 3.66. The zero-order valence-corrected chi connectivity index (χ0v) is 14.7. The van der Waals surface area contributed by atoms with Crippen LogP contribution in [0.15, 0.2) is 28.7 Å². The summed E-state index contributed by atoms with van der Waals surface area (Å²) in [5.74, 6) is -0.518. The van der Waals surface area contributed by atoms with Gasteiger partial charge in [-0.15, -0.1) is 0 Å². The Bertz CT molecular complexity index is 596. The van der Waals surface area contributed by atoms with E-state index in [-0.39, 0.29) is 17.7 Å². The van der Waals surface area contributed by atoms with Crippen molar-refractivity contribution >= 4 is 27.8 Å². The van der Waals surface area contributed by atoms with E-state index in [0.29, 0.717) is 18.8 Å². The van der Waals surface area contributed by atoms with Crippen LogP contribution in [0.2, 0.25) is 0 Å². The predicted molar refractivity (Wildman–Crippen MR) is 91.2 cm³/mol. The van der Waals surface area contributed by atoms with Gasteiger partial charge in [0.2, 0.25) is 5.91 Å². The van der Waals surface area contributed by atoms with E-state index in [2.05, 4.69) is 34.1 Å². The van der Waals surface area contributed by atoms with Gasteiger partial charge in [-0.05, 0) is 49.7 Å². The van der Waals surface area contributed by atoms with Gasteiger partial charge in [0.1, 0.15) is 0 Å². The molecule has 0 spiro atoms. The summed E-state index contributed by atoms with van der Waals surface area (Å²) in [5, 5.41) is 9.08. The molecule has 1 amide bonds. The highest BCUT2D eigenvalue weighted by molar-refractivity contribution is 9.10. The molecule has 1 saturated heterocycles. The Hall–Kier alpha value is -1.36. The number of carboxylic acids is 1. The maximum Gasteiger partial charge on any atom is 0.306 e. The molecule has 2 fully saturated rings. The molecule has 1 aromatic rings. The summed E-state index contributed by atoms with van der Waals surface area (Å²) in [6, 6.07) is 8.30. The average molecular weight is 380 g/mol. The van der Waals surface area contributed by atoms with Gasteiger partial charge in [-0.25, -0.2) is 0 Å². The van der Waals surface area contributed by atoms with E-state index in [1.54, 1.807) is 0 Å². The number of amides is 1. The summed E-state index contributed by atoms with van der Waals surface area (Å²) >= 11 is 3.61. The third kappa shape index (κ3) is 3.60. The van der Waals surface area contributed by atoms with Crippen LogP contribution in [0.25, 0.3) is 0 Å². The van der Waals surface area contributed by atoms with Gasteiger partial charge in [0.15, 0.2) is 0 Å². The van der Waals surface area contributed by atoms with E-state index < -0.39 is 5.97 Å².